The Bertz CT molecular complexity index is 379. The standard InChI is InChI=1S/C11H17F2N3O/c1-7(14)5-9-15-10(17-16-9)8-3-2-4-11(12,13)6-8/h7-8H,2-6,14H2,1H3. The molecule has 2 atom stereocenters. The van der Waals surface area contributed by atoms with Crippen LogP contribution in [0.3, 0.4) is 0 Å². The van der Waals surface area contributed by atoms with Crippen LogP contribution in [0.4, 0.5) is 8.78 Å². The SMILES string of the molecule is CC(N)Cc1noc(C2CCCC(F)(F)C2)n1. The van der Waals surface area contributed by atoms with Gasteiger partial charge in [-0.05, 0) is 19.8 Å². The highest BCUT2D eigenvalue weighted by molar-refractivity contribution is 4.99. The van der Waals surface area contributed by atoms with E-state index in [2.05, 4.69) is 10.1 Å². The van der Waals surface area contributed by atoms with E-state index in [1.807, 2.05) is 6.92 Å². The first kappa shape index (κ1) is 12.4. The van der Waals surface area contributed by atoms with E-state index in [9.17, 15) is 8.78 Å². The number of alkyl halides is 2. The van der Waals surface area contributed by atoms with Crippen LogP contribution in [0, 0.1) is 0 Å². The van der Waals surface area contributed by atoms with Gasteiger partial charge < -0.3 is 10.3 Å². The van der Waals surface area contributed by atoms with E-state index < -0.39 is 5.92 Å². The predicted molar refractivity (Wildman–Crippen MR) is 57.8 cm³/mol. The Balaban J connectivity index is 2.04. The van der Waals surface area contributed by atoms with Crippen LogP contribution in [-0.2, 0) is 6.42 Å². The lowest BCUT2D eigenvalue weighted by Crippen LogP contribution is -2.25. The van der Waals surface area contributed by atoms with E-state index in [-0.39, 0.29) is 24.8 Å². The lowest BCUT2D eigenvalue weighted by Gasteiger charge is -2.26. The molecule has 1 heterocycles. The number of nitrogens with zero attached hydrogens (tertiary/aromatic N) is 2. The second-order valence-corrected chi connectivity index (χ2v) is 4.88. The molecule has 1 aliphatic carbocycles. The van der Waals surface area contributed by atoms with Crippen LogP contribution in [0.5, 0.6) is 0 Å². The minimum atomic E-state index is -2.60. The summed E-state index contributed by atoms with van der Waals surface area (Å²) >= 11 is 0. The molecule has 2 N–H and O–H groups in total. The summed E-state index contributed by atoms with van der Waals surface area (Å²) in [6.45, 7) is 1.84. The Kier molecular flexibility index (Phi) is 3.42. The minimum Gasteiger partial charge on any atom is -0.339 e. The van der Waals surface area contributed by atoms with Crippen molar-refractivity contribution in [1.29, 1.82) is 0 Å². The average molecular weight is 245 g/mol. The molecule has 17 heavy (non-hydrogen) atoms. The van der Waals surface area contributed by atoms with Crippen LogP contribution < -0.4 is 5.73 Å². The molecule has 4 nitrogen and oxygen atoms in total. The molecule has 0 aliphatic heterocycles. The average Bonchev–Trinajstić information content (AvgIpc) is 2.63. The molecular weight excluding hydrogens is 228 g/mol. The topological polar surface area (TPSA) is 64.9 Å². The molecule has 1 aromatic rings. The lowest BCUT2D eigenvalue weighted by atomic mass is 9.86. The Morgan fingerprint density at radius 1 is 1.59 bits per heavy atom. The zero-order valence-corrected chi connectivity index (χ0v) is 9.83. The second-order valence-electron chi connectivity index (χ2n) is 4.88. The van der Waals surface area contributed by atoms with Crippen molar-refractivity contribution in [3.05, 3.63) is 11.7 Å². The third-order valence-electron chi connectivity index (χ3n) is 2.98. The second kappa shape index (κ2) is 4.68. The first-order valence-corrected chi connectivity index (χ1v) is 5.92. The number of rotatable bonds is 3. The largest absolute Gasteiger partial charge is 0.339 e. The fraction of sp³-hybridized carbons (Fsp3) is 0.818. The molecule has 1 aromatic heterocycles. The first-order chi connectivity index (χ1) is 7.96. The predicted octanol–water partition coefficient (Wildman–Crippen LogP) is 2.25. The van der Waals surface area contributed by atoms with Crippen LogP contribution in [0.2, 0.25) is 0 Å². The van der Waals surface area contributed by atoms with E-state index in [4.69, 9.17) is 10.3 Å². The maximum atomic E-state index is 13.2. The van der Waals surface area contributed by atoms with Gasteiger partial charge in [0.15, 0.2) is 5.82 Å². The normalized spacial score (nSPS) is 25.8. The van der Waals surface area contributed by atoms with Crippen molar-refractivity contribution in [1.82, 2.24) is 10.1 Å². The van der Waals surface area contributed by atoms with Gasteiger partial charge in [0, 0.05) is 31.2 Å². The molecule has 0 saturated heterocycles. The Labute approximate surface area is 98.6 Å². The molecule has 2 rings (SSSR count). The zero-order valence-electron chi connectivity index (χ0n) is 9.83. The van der Waals surface area contributed by atoms with Crippen molar-refractivity contribution in [2.75, 3.05) is 0 Å². The molecular formula is C11H17F2N3O. The Morgan fingerprint density at radius 2 is 2.35 bits per heavy atom. The summed E-state index contributed by atoms with van der Waals surface area (Å²) in [5, 5.41) is 3.77. The highest BCUT2D eigenvalue weighted by atomic mass is 19.3. The van der Waals surface area contributed by atoms with Crippen LogP contribution >= 0.6 is 0 Å². The molecule has 0 amide bonds. The number of halogens is 2. The molecule has 0 aromatic carbocycles. The summed E-state index contributed by atoms with van der Waals surface area (Å²) < 4.78 is 31.5. The number of nitrogens with two attached hydrogens (primary N) is 1. The third-order valence-corrected chi connectivity index (χ3v) is 2.98. The van der Waals surface area contributed by atoms with Gasteiger partial charge in [-0.3, -0.25) is 0 Å². The molecule has 0 spiro atoms. The van der Waals surface area contributed by atoms with E-state index in [0.717, 1.165) is 0 Å². The van der Waals surface area contributed by atoms with E-state index >= 15 is 0 Å². The molecule has 6 heteroatoms. The van der Waals surface area contributed by atoms with Gasteiger partial charge in [-0.1, -0.05) is 5.16 Å². The Hall–Kier alpha value is -1.04. The van der Waals surface area contributed by atoms with Crippen LogP contribution in [0.15, 0.2) is 4.52 Å². The van der Waals surface area contributed by atoms with Gasteiger partial charge in [0.25, 0.3) is 0 Å². The Morgan fingerprint density at radius 3 is 3.00 bits per heavy atom. The van der Waals surface area contributed by atoms with Crippen molar-refractivity contribution in [3.63, 3.8) is 0 Å². The van der Waals surface area contributed by atoms with Crippen molar-refractivity contribution in [3.8, 4) is 0 Å². The summed E-state index contributed by atoms with van der Waals surface area (Å²) in [6, 6.07) is -0.0618. The number of aromatic nitrogens is 2. The van der Waals surface area contributed by atoms with Crippen molar-refractivity contribution in [2.45, 2.75) is 56.9 Å². The van der Waals surface area contributed by atoms with E-state index in [1.54, 1.807) is 0 Å². The monoisotopic (exact) mass is 245 g/mol. The molecule has 1 saturated carbocycles. The maximum absolute atomic E-state index is 13.2. The molecule has 1 aliphatic rings. The first-order valence-electron chi connectivity index (χ1n) is 5.92. The minimum absolute atomic E-state index is 0.0374. The smallest absolute Gasteiger partial charge is 0.248 e. The van der Waals surface area contributed by atoms with Gasteiger partial charge in [-0.15, -0.1) is 0 Å². The highest BCUT2D eigenvalue weighted by Crippen LogP contribution is 2.41. The summed E-state index contributed by atoms with van der Waals surface area (Å²) in [7, 11) is 0. The summed E-state index contributed by atoms with van der Waals surface area (Å²) in [6.07, 6.45) is 1.47. The fourth-order valence-corrected chi connectivity index (χ4v) is 2.19. The van der Waals surface area contributed by atoms with Crippen molar-refractivity contribution >= 4 is 0 Å². The molecule has 96 valence electrons. The summed E-state index contributed by atoms with van der Waals surface area (Å²) in [5.74, 6) is -2.07. The zero-order chi connectivity index (χ0) is 12.5. The highest BCUT2D eigenvalue weighted by Gasteiger charge is 2.39. The quantitative estimate of drug-likeness (QED) is 0.887. The van der Waals surface area contributed by atoms with Gasteiger partial charge >= 0.3 is 0 Å². The van der Waals surface area contributed by atoms with Gasteiger partial charge in [-0.2, -0.15) is 4.98 Å². The van der Waals surface area contributed by atoms with Crippen LogP contribution in [0.25, 0.3) is 0 Å². The lowest BCUT2D eigenvalue weighted by molar-refractivity contribution is -0.0440. The van der Waals surface area contributed by atoms with Crippen LogP contribution in [-0.4, -0.2) is 22.1 Å². The maximum Gasteiger partial charge on any atom is 0.248 e. The molecule has 0 radical (unpaired) electrons. The van der Waals surface area contributed by atoms with Crippen molar-refractivity contribution in [2.24, 2.45) is 5.73 Å². The number of hydrogen-bond acceptors (Lipinski definition) is 4. The van der Waals surface area contributed by atoms with Gasteiger partial charge in [-0.25, -0.2) is 8.78 Å². The van der Waals surface area contributed by atoms with Crippen molar-refractivity contribution < 1.29 is 13.3 Å². The fourth-order valence-electron chi connectivity index (χ4n) is 2.19. The van der Waals surface area contributed by atoms with E-state index in [0.29, 0.717) is 31.0 Å². The van der Waals surface area contributed by atoms with E-state index in [1.165, 1.54) is 0 Å². The third kappa shape index (κ3) is 3.21. The molecule has 1 fully saturated rings. The summed E-state index contributed by atoms with van der Waals surface area (Å²) in [4.78, 5) is 4.15. The summed E-state index contributed by atoms with van der Waals surface area (Å²) in [5.41, 5.74) is 5.61. The molecule has 0 bridgehead atoms. The molecule has 2 unspecified atom stereocenters. The van der Waals surface area contributed by atoms with Gasteiger partial charge in [0.2, 0.25) is 11.8 Å². The van der Waals surface area contributed by atoms with Gasteiger partial charge in [0.1, 0.15) is 0 Å². The van der Waals surface area contributed by atoms with Crippen LogP contribution in [0.1, 0.15) is 50.2 Å². The number of hydrogen-bond donors (Lipinski definition) is 1. The van der Waals surface area contributed by atoms with Gasteiger partial charge in [0.05, 0.1) is 0 Å².